The predicted molar refractivity (Wildman–Crippen MR) is 84.0 cm³/mol. The summed E-state index contributed by atoms with van der Waals surface area (Å²) >= 11 is 6.08. The Morgan fingerprint density at radius 1 is 1.14 bits per heavy atom. The lowest BCUT2D eigenvalue weighted by Gasteiger charge is -2.11. The second-order valence-corrected chi connectivity index (χ2v) is 4.93. The number of hydrogen-bond donors (Lipinski definition) is 2. The molecule has 0 bridgehead atoms. The smallest absolute Gasteiger partial charge is 0.124 e. The predicted octanol–water partition coefficient (Wildman–Crippen LogP) is 3.35. The standard InChI is InChI=1S/C16H17ClN2O2/c1-20-15-7-6-11(16(18)19)8-13(15)10-21-9-12-4-2-3-5-14(12)17/h2-8H,9-10H2,1H3,(H3,18,19). The topological polar surface area (TPSA) is 68.3 Å². The van der Waals surface area contributed by atoms with Crippen molar-refractivity contribution in [3.8, 4) is 5.75 Å². The van der Waals surface area contributed by atoms with Gasteiger partial charge in [0, 0.05) is 16.1 Å². The van der Waals surface area contributed by atoms with Crippen LogP contribution in [-0.2, 0) is 18.0 Å². The van der Waals surface area contributed by atoms with Gasteiger partial charge in [0.1, 0.15) is 11.6 Å². The quantitative estimate of drug-likeness (QED) is 0.635. The summed E-state index contributed by atoms with van der Waals surface area (Å²) in [4.78, 5) is 0. The Hall–Kier alpha value is -2.04. The maximum Gasteiger partial charge on any atom is 0.124 e. The summed E-state index contributed by atoms with van der Waals surface area (Å²) in [6.45, 7) is 0.767. The molecule has 0 aliphatic heterocycles. The zero-order valence-corrected chi connectivity index (χ0v) is 12.5. The zero-order valence-electron chi connectivity index (χ0n) is 11.7. The van der Waals surface area contributed by atoms with E-state index in [0.717, 1.165) is 11.1 Å². The van der Waals surface area contributed by atoms with E-state index in [4.69, 9.17) is 32.2 Å². The second kappa shape index (κ2) is 7.11. The maximum atomic E-state index is 7.48. The number of hydrogen-bond acceptors (Lipinski definition) is 3. The second-order valence-electron chi connectivity index (χ2n) is 4.52. The van der Waals surface area contributed by atoms with Gasteiger partial charge in [0.05, 0.1) is 20.3 Å². The molecular weight excluding hydrogens is 288 g/mol. The summed E-state index contributed by atoms with van der Waals surface area (Å²) in [5.41, 5.74) is 7.92. The molecule has 5 heteroatoms. The van der Waals surface area contributed by atoms with Gasteiger partial charge in [-0.15, -0.1) is 0 Å². The fraction of sp³-hybridized carbons (Fsp3) is 0.188. The van der Waals surface area contributed by atoms with Gasteiger partial charge in [-0.05, 0) is 29.8 Å². The number of halogens is 1. The van der Waals surface area contributed by atoms with E-state index in [1.54, 1.807) is 25.3 Å². The summed E-state index contributed by atoms with van der Waals surface area (Å²) < 4.78 is 11.0. The lowest BCUT2D eigenvalue weighted by Crippen LogP contribution is -2.11. The van der Waals surface area contributed by atoms with Gasteiger partial charge in [0.15, 0.2) is 0 Å². The summed E-state index contributed by atoms with van der Waals surface area (Å²) in [5.74, 6) is 0.726. The zero-order chi connectivity index (χ0) is 15.2. The van der Waals surface area contributed by atoms with Crippen LogP contribution in [-0.4, -0.2) is 12.9 Å². The van der Waals surface area contributed by atoms with Crippen LogP contribution in [0, 0.1) is 5.41 Å². The molecule has 0 aromatic heterocycles. The lowest BCUT2D eigenvalue weighted by molar-refractivity contribution is 0.105. The van der Waals surface area contributed by atoms with Crippen molar-refractivity contribution in [3.05, 3.63) is 64.2 Å². The van der Waals surface area contributed by atoms with Crippen LogP contribution in [0.25, 0.3) is 0 Å². The van der Waals surface area contributed by atoms with Gasteiger partial charge >= 0.3 is 0 Å². The first kappa shape index (κ1) is 15.4. The van der Waals surface area contributed by atoms with Crippen LogP contribution in [0.5, 0.6) is 5.75 Å². The monoisotopic (exact) mass is 304 g/mol. The first-order valence-electron chi connectivity index (χ1n) is 6.44. The minimum absolute atomic E-state index is 0.0185. The number of ether oxygens (including phenoxy) is 2. The molecule has 0 saturated carbocycles. The average molecular weight is 305 g/mol. The van der Waals surface area contributed by atoms with Gasteiger partial charge in [-0.1, -0.05) is 29.8 Å². The van der Waals surface area contributed by atoms with Crippen LogP contribution in [0.1, 0.15) is 16.7 Å². The highest BCUT2D eigenvalue weighted by Gasteiger charge is 2.07. The Morgan fingerprint density at radius 2 is 1.86 bits per heavy atom. The SMILES string of the molecule is COc1ccc(C(=N)N)cc1COCc1ccccc1Cl. The number of methoxy groups -OCH3 is 1. The van der Waals surface area contributed by atoms with E-state index in [1.165, 1.54) is 0 Å². The fourth-order valence-electron chi connectivity index (χ4n) is 1.95. The normalized spacial score (nSPS) is 10.4. The van der Waals surface area contributed by atoms with Crippen LogP contribution in [0.4, 0.5) is 0 Å². The molecule has 0 atom stereocenters. The number of amidine groups is 1. The fourth-order valence-corrected chi connectivity index (χ4v) is 2.14. The summed E-state index contributed by atoms with van der Waals surface area (Å²) in [7, 11) is 1.60. The summed E-state index contributed by atoms with van der Waals surface area (Å²) in [6, 6.07) is 12.9. The van der Waals surface area contributed by atoms with Crippen molar-refractivity contribution in [1.82, 2.24) is 0 Å². The molecule has 0 saturated heterocycles. The molecule has 2 rings (SSSR count). The first-order chi connectivity index (χ1) is 10.1. The van der Waals surface area contributed by atoms with Crippen LogP contribution in [0.3, 0.4) is 0 Å². The molecule has 2 aromatic carbocycles. The van der Waals surface area contributed by atoms with Gasteiger partial charge in [-0.3, -0.25) is 5.41 Å². The molecule has 4 nitrogen and oxygen atoms in total. The van der Waals surface area contributed by atoms with E-state index in [9.17, 15) is 0 Å². The van der Waals surface area contributed by atoms with Crippen LogP contribution in [0.2, 0.25) is 5.02 Å². The van der Waals surface area contributed by atoms with E-state index in [2.05, 4.69) is 0 Å². The lowest BCUT2D eigenvalue weighted by atomic mass is 10.1. The molecule has 0 unspecified atom stereocenters. The van der Waals surface area contributed by atoms with Gasteiger partial charge in [-0.25, -0.2) is 0 Å². The Balaban J connectivity index is 2.07. The maximum absolute atomic E-state index is 7.48. The van der Waals surface area contributed by atoms with Crippen LogP contribution in [0.15, 0.2) is 42.5 Å². The Morgan fingerprint density at radius 3 is 2.52 bits per heavy atom. The summed E-state index contributed by atoms with van der Waals surface area (Å²) in [6.07, 6.45) is 0. The highest BCUT2D eigenvalue weighted by molar-refractivity contribution is 6.31. The summed E-state index contributed by atoms with van der Waals surface area (Å²) in [5, 5.41) is 8.16. The highest BCUT2D eigenvalue weighted by atomic mass is 35.5. The molecule has 0 amide bonds. The van der Waals surface area contributed by atoms with Gasteiger partial charge < -0.3 is 15.2 Å². The number of rotatable bonds is 6. The molecule has 110 valence electrons. The third-order valence-corrected chi connectivity index (χ3v) is 3.43. The molecule has 3 N–H and O–H groups in total. The van der Waals surface area contributed by atoms with Crippen molar-refractivity contribution >= 4 is 17.4 Å². The Kier molecular flexibility index (Phi) is 5.20. The van der Waals surface area contributed by atoms with E-state index in [-0.39, 0.29) is 5.84 Å². The van der Waals surface area contributed by atoms with Gasteiger partial charge in [-0.2, -0.15) is 0 Å². The molecule has 0 aliphatic rings. The first-order valence-corrected chi connectivity index (χ1v) is 6.82. The molecule has 0 fully saturated rings. The molecule has 0 aliphatic carbocycles. The van der Waals surface area contributed by atoms with Crippen molar-refractivity contribution in [2.45, 2.75) is 13.2 Å². The highest BCUT2D eigenvalue weighted by Crippen LogP contribution is 2.22. The van der Waals surface area contributed by atoms with Crippen molar-refractivity contribution in [3.63, 3.8) is 0 Å². The number of benzene rings is 2. The number of nitrogens with one attached hydrogen (secondary N) is 1. The largest absolute Gasteiger partial charge is 0.496 e. The third-order valence-electron chi connectivity index (χ3n) is 3.06. The van der Waals surface area contributed by atoms with Gasteiger partial charge in [0.2, 0.25) is 0 Å². The molecule has 21 heavy (non-hydrogen) atoms. The van der Waals surface area contributed by atoms with E-state index < -0.39 is 0 Å². The van der Waals surface area contributed by atoms with Crippen molar-refractivity contribution < 1.29 is 9.47 Å². The number of nitrogen functional groups attached to an aromatic ring is 1. The third kappa shape index (κ3) is 3.97. The van der Waals surface area contributed by atoms with E-state index in [1.807, 2.05) is 24.3 Å². The molecule has 0 spiro atoms. The van der Waals surface area contributed by atoms with Crippen molar-refractivity contribution in [2.75, 3.05) is 7.11 Å². The molecule has 0 radical (unpaired) electrons. The van der Waals surface area contributed by atoms with Crippen LogP contribution < -0.4 is 10.5 Å². The minimum atomic E-state index is 0.0185. The van der Waals surface area contributed by atoms with Gasteiger partial charge in [0.25, 0.3) is 0 Å². The molecule has 0 heterocycles. The minimum Gasteiger partial charge on any atom is -0.496 e. The Bertz CT molecular complexity index is 644. The van der Waals surface area contributed by atoms with E-state index in [0.29, 0.717) is 29.5 Å². The number of nitrogens with two attached hydrogens (primary N) is 1. The van der Waals surface area contributed by atoms with E-state index >= 15 is 0 Å². The van der Waals surface area contributed by atoms with Crippen molar-refractivity contribution in [2.24, 2.45) is 5.73 Å². The molecular formula is C16H17ClN2O2. The molecule has 2 aromatic rings. The van der Waals surface area contributed by atoms with Crippen LogP contribution >= 0.6 is 11.6 Å². The Labute approximate surface area is 129 Å². The average Bonchev–Trinajstić information content (AvgIpc) is 2.49. The van der Waals surface area contributed by atoms with Crippen molar-refractivity contribution in [1.29, 1.82) is 5.41 Å².